The molecule has 0 aromatic heterocycles. The molecule has 0 radical (unpaired) electrons. The van der Waals surface area contributed by atoms with Crippen LogP contribution < -0.4 is 5.32 Å². The van der Waals surface area contributed by atoms with Crippen LogP contribution in [0.1, 0.15) is 28.8 Å². The summed E-state index contributed by atoms with van der Waals surface area (Å²) in [5.74, 6) is -0.118. The molecule has 0 unspecified atom stereocenters. The first-order chi connectivity index (χ1) is 7.23. The number of hydrogen-bond donors (Lipinski definition) is 1. The average Bonchev–Trinajstić information content (AvgIpc) is 3.09. The monoisotopic (exact) mass is 200 g/mol. The van der Waals surface area contributed by atoms with E-state index in [1.807, 2.05) is 18.2 Å². The van der Waals surface area contributed by atoms with Gasteiger partial charge >= 0.3 is 0 Å². The Bertz CT molecular complexity index is 441. The first-order valence-electron chi connectivity index (χ1n) is 4.96. The van der Waals surface area contributed by atoms with Gasteiger partial charge in [-0.1, -0.05) is 18.2 Å². The third-order valence-electron chi connectivity index (χ3n) is 2.88. The van der Waals surface area contributed by atoms with Gasteiger partial charge in [-0.15, -0.1) is 0 Å². The molecule has 1 aromatic carbocycles. The molecule has 3 heteroatoms. The van der Waals surface area contributed by atoms with Gasteiger partial charge in [0.25, 0.3) is 5.91 Å². The number of amides is 1. The van der Waals surface area contributed by atoms with Crippen molar-refractivity contribution >= 4 is 5.91 Å². The van der Waals surface area contributed by atoms with Gasteiger partial charge in [0.2, 0.25) is 0 Å². The van der Waals surface area contributed by atoms with Gasteiger partial charge in [0.05, 0.1) is 11.5 Å². The maximum atomic E-state index is 11.6. The van der Waals surface area contributed by atoms with Crippen LogP contribution in [0.2, 0.25) is 0 Å². The first-order valence-corrected chi connectivity index (χ1v) is 4.96. The summed E-state index contributed by atoms with van der Waals surface area (Å²) in [6.07, 6.45) is 1.72. The van der Waals surface area contributed by atoms with E-state index in [-0.39, 0.29) is 5.91 Å². The summed E-state index contributed by atoms with van der Waals surface area (Å²) >= 11 is 0. The Labute approximate surface area is 88.7 Å². The van der Waals surface area contributed by atoms with Crippen LogP contribution in [0, 0.1) is 11.3 Å². The van der Waals surface area contributed by atoms with Gasteiger partial charge in [-0.05, 0) is 24.5 Å². The smallest absolute Gasteiger partial charge is 0.251 e. The van der Waals surface area contributed by atoms with Crippen molar-refractivity contribution in [3.8, 4) is 6.07 Å². The summed E-state index contributed by atoms with van der Waals surface area (Å²) in [6.45, 7) is 0. The zero-order chi connectivity index (χ0) is 10.9. The molecule has 0 saturated heterocycles. The summed E-state index contributed by atoms with van der Waals surface area (Å²) in [7, 11) is 1.60. The fourth-order valence-electron chi connectivity index (χ4n) is 1.80. The molecule has 1 amide bonds. The standard InChI is InChI=1S/C12H12N2O/c1-14-11(15)9-4-2-3-5-10(9)12(8-13)6-7-12/h2-5H,6-7H2,1H3,(H,14,15). The molecule has 2 rings (SSSR count). The highest BCUT2D eigenvalue weighted by atomic mass is 16.1. The number of benzene rings is 1. The van der Waals surface area contributed by atoms with E-state index in [1.165, 1.54) is 0 Å². The van der Waals surface area contributed by atoms with E-state index in [9.17, 15) is 4.79 Å². The summed E-state index contributed by atoms with van der Waals surface area (Å²) in [4.78, 5) is 11.6. The summed E-state index contributed by atoms with van der Waals surface area (Å²) in [5, 5.41) is 11.7. The molecule has 1 aliphatic rings. The van der Waals surface area contributed by atoms with Crippen molar-refractivity contribution in [3.05, 3.63) is 35.4 Å². The summed E-state index contributed by atoms with van der Waals surface area (Å²) in [5.41, 5.74) is 1.09. The number of carbonyl (C=O) groups is 1. The molecule has 0 aliphatic heterocycles. The summed E-state index contributed by atoms with van der Waals surface area (Å²) in [6, 6.07) is 9.65. The maximum Gasteiger partial charge on any atom is 0.251 e. The van der Waals surface area contributed by atoms with Gasteiger partial charge in [0.1, 0.15) is 0 Å². The minimum absolute atomic E-state index is 0.118. The van der Waals surface area contributed by atoms with Crippen LogP contribution >= 0.6 is 0 Å². The average molecular weight is 200 g/mol. The normalized spacial score (nSPS) is 16.5. The van der Waals surface area contributed by atoms with Gasteiger partial charge in [-0.3, -0.25) is 4.79 Å². The van der Waals surface area contributed by atoms with Crippen LogP contribution in [0.3, 0.4) is 0 Å². The predicted molar refractivity (Wildman–Crippen MR) is 56.4 cm³/mol. The van der Waals surface area contributed by atoms with Gasteiger partial charge in [-0.25, -0.2) is 0 Å². The fraction of sp³-hybridized carbons (Fsp3) is 0.333. The van der Waals surface area contributed by atoms with E-state index >= 15 is 0 Å². The Hall–Kier alpha value is -1.82. The minimum atomic E-state index is -0.400. The van der Waals surface area contributed by atoms with Crippen LogP contribution in [-0.4, -0.2) is 13.0 Å². The Morgan fingerprint density at radius 1 is 1.47 bits per heavy atom. The van der Waals surface area contributed by atoms with Crippen LogP contribution in [0.5, 0.6) is 0 Å². The maximum absolute atomic E-state index is 11.6. The van der Waals surface area contributed by atoms with Crippen molar-refractivity contribution in [1.29, 1.82) is 5.26 Å². The number of nitriles is 1. The van der Waals surface area contributed by atoms with Crippen LogP contribution in [0.4, 0.5) is 0 Å². The van der Waals surface area contributed by atoms with Crippen molar-refractivity contribution in [1.82, 2.24) is 5.32 Å². The van der Waals surface area contributed by atoms with E-state index in [1.54, 1.807) is 13.1 Å². The molecule has 0 bridgehead atoms. The van der Waals surface area contributed by atoms with Crippen molar-refractivity contribution in [2.45, 2.75) is 18.3 Å². The van der Waals surface area contributed by atoms with Crippen molar-refractivity contribution < 1.29 is 4.79 Å². The molecule has 0 spiro atoms. The second kappa shape index (κ2) is 3.39. The Morgan fingerprint density at radius 2 is 2.13 bits per heavy atom. The molecule has 0 atom stereocenters. The van der Waals surface area contributed by atoms with E-state index in [0.717, 1.165) is 18.4 Å². The second-order valence-electron chi connectivity index (χ2n) is 3.82. The largest absolute Gasteiger partial charge is 0.355 e. The molecule has 0 heterocycles. The van der Waals surface area contributed by atoms with Crippen LogP contribution in [0.15, 0.2) is 24.3 Å². The summed E-state index contributed by atoms with van der Waals surface area (Å²) < 4.78 is 0. The van der Waals surface area contributed by atoms with Crippen molar-refractivity contribution in [2.75, 3.05) is 7.05 Å². The van der Waals surface area contributed by atoms with Gasteiger partial charge < -0.3 is 5.32 Å². The molecule has 1 fully saturated rings. The van der Waals surface area contributed by atoms with E-state index in [4.69, 9.17) is 5.26 Å². The third kappa shape index (κ3) is 1.48. The Morgan fingerprint density at radius 3 is 2.67 bits per heavy atom. The van der Waals surface area contributed by atoms with Crippen molar-refractivity contribution in [3.63, 3.8) is 0 Å². The zero-order valence-electron chi connectivity index (χ0n) is 8.58. The quantitative estimate of drug-likeness (QED) is 0.788. The van der Waals surface area contributed by atoms with Gasteiger partial charge in [-0.2, -0.15) is 5.26 Å². The highest BCUT2D eigenvalue weighted by Gasteiger charge is 2.46. The highest BCUT2D eigenvalue weighted by molar-refractivity contribution is 5.96. The van der Waals surface area contributed by atoms with Crippen molar-refractivity contribution in [2.24, 2.45) is 0 Å². The molecular weight excluding hydrogens is 188 g/mol. The molecule has 76 valence electrons. The topological polar surface area (TPSA) is 52.9 Å². The SMILES string of the molecule is CNC(=O)c1ccccc1C1(C#N)CC1. The van der Waals surface area contributed by atoms with E-state index < -0.39 is 5.41 Å². The lowest BCUT2D eigenvalue weighted by molar-refractivity contribution is 0.0962. The molecule has 3 nitrogen and oxygen atoms in total. The molecule has 1 saturated carbocycles. The molecule has 1 aliphatic carbocycles. The number of carbonyl (C=O) groups excluding carboxylic acids is 1. The number of hydrogen-bond acceptors (Lipinski definition) is 2. The lowest BCUT2D eigenvalue weighted by Gasteiger charge is -2.11. The zero-order valence-corrected chi connectivity index (χ0v) is 8.58. The van der Waals surface area contributed by atoms with Gasteiger partial charge in [0.15, 0.2) is 0 Å². The molecule has 1 aromatic rings. The lowest BCUT2D eigenvalue weighted by Crippen LogP contribution is -2.21. The van der Waals surface area contributed by atoms with E-state index in [0.29, 0.717) is 5.56 Å². The molecular formula is C12H12N2O. The fourth-order valence-corrected chi connectivity index (χ4v) is 1.80. The minimum Gasteiger partial charge on any atom is -0.355 e. The van der Waals surface area contributed by atoms with Gasteiger partial charge in [0, 0.05) is 12.6 Å². The predicted octanol–water partition coefficient (Wildman–Crippen LogP) is 1.60. The highest BCUT2D eigenvalue weighted by Crippen LogP contribution is 2.48. The number of nitrogens with zero attached hydrogens (tertiary/aromatic N) is 1. The van der Waals surface area contributed by atoms with Crippen LogP contribution in [0.25, 0.3) is 0 Å². The third-order valence-corrected chi connectivity index (χ3v) is 2.88. The van der Waals surface area contributed by atoms with Crippen LogP contribution in [-0.2, 0) is 5.41 Å². The number of rotatable bonds is 2. The molecule has 15 heavy (non-hydrogen) atoms. The second-order valence-corrected chi connectivity index (χ2v) is 3.82. The van der Waals surface area contributed by atoms with E-state index in [2.05, 4.69) is 11.4 Å². The lowest BCUT2D eigenvalue weighted by atomic mass is 9.92. The first kappa shape index (κ1) is 9.72. The Kier molecular flexibility index (Phi) is 2.20. The molecule has 1 N–H and O–H groups in total. The Balaban J connectivity index is 2.49. The number of nitrogens with one attached hydrogen (secondary N) is 1.